The lowest BCUT2D eigenvalue weighted by Crippen LogP contribution is -2.26. The highest BCUT2D eigenvalue weighted by molar-refractivity contribution is 5.67. The van der Waals surface area contributed by atoms with Crippen LogP contribution >= 0.6 is 0 Å². The van der Waals surface area contributed by atoms with Crippen molar-refractivity contribution in [1.82, 2.24) is 0 Å². The van der Waals surface area contributed by atoms with Gasteiger partial charge in [0, 0.05) is 13.0 Å². The van der Waals surface area contributed by atoms with Crippen LogP contribution in [0.2, 0.25) is 0 Å². The number of hydrogen-bond donors (Lipinski definition) is 2. The Labute approximate surface area is 84.4 Å². The lowest BCUT2D eigenvalue weighted by atomic mass is 9.85. The summed E-state index contributed by atoms with van der Waals surface area (Å²) in [5.41, 5.74) is 5.34. The Morgan fingerprint density at radius 1 is 1.50 bits per heavy atom. The van der Waals surface area contributed by atoms with Crippen LogP contribution < -0.4 is 5.73 Å². The number of rotatable bonds is 5. The van der Waals surface area contributed by atoms with Gasteiger partial charge in [0.2, 0.25) is 0 Å². The van der Waals surface area contributed by atoms with Crippen LogP contribution in [0, 0.1) is 5.92 Å². The maximum Gasteiger partial charge on any atom is 0.303 e. The molecule has 1 fully saturated rings. The number of carbonyl (C=O) groups is 1. The first kappa shape index (κ1) is 11.5. The molecule has 0 radical (unpaired) electrons. The molecule has 0 spiro atoms. The van der Waals surface area contributed by atoms with Crippen LogP contribution in [-0.4, -0.2) is 30.3 Å². The molecule has 2 unspecified atom stereocenters. The van der Waals surface area contributed by atoms with Gasteiger partial charge >= 0.3 is 5.97 Å². The standard InChI is InChI=1S/C10H19NO3/c11-4-5-14-9-3-1-2-8(6-9)7-10(12)13/h8-9H,1-7,11H2,(H,12,13). The molecule has 0 aromatic heterocycles. The van der Waals surface area contributed by atoms with E-state index in [-0.39, 0.29) is 12.5 Å². The molecule has 1 aliphatic rings. The third-order valence-electron chi connectivity index (χ3n) is 2.67. The van der Waals surface area contributed by atoms with Crippen LogP contribution in [0.25, 0.3) is 0 Å². The second-order valence-electron chi connectivity index (χ2n) is 3.91. The van der Waals surface area contributed by atoms with E-state index in [0.29, 0.717) is 19.1 Å². The maximum absolute atomic E-state index is 10.5. The summed E-state index contributed by atoms with van der Waals surface area (Å²) in [6.07, 6.45) is 4.55. The van der Waals surface area contributed by atoms with Crippen molar-refractivity contribution >= 4 is 5.97 Å². The van der Waals surface area contributed by atoms with Gasteiger partial charge in [-0.1, -0.05) is 6.42 Å². The number of carboxylic acids is 1. The molecular formula is C10H19NO3. The molecule has 0 bridgehead atoms. The predicted molar refractivity (Wildman–Crippen MR) is 53.0 cm³/mol. The first-order valence-corrected chi connectivity index (χ1v) is 5.26. The van der Waals surface area contributed by atoms with Crippen molar-refractivity contribution in [2.24, 2.45) is 11.7 Å². The summed E-state index contributed by atoms with van der Waals surface area (Å²) < 4.78 is 5.53. The Bertz CT molecular complexity index is 184. The Hall–Kier alpha value is -0.610. The average molecular weight is 201 g/mol. The van der Waals surface area contributed by atoms with Gasteiger partial charge in [-0.3, -0.25) is 4.79 Å². The van der Waals surface area contributed by atoms with Crippen molar-refractivity contribution in [1.29, 1.82) is 0 Å². The monoisotopic (exact) mass is 201 g/mol. The van der Waals surface area contributed by atoms with Gasteiger partial charge in [-0.25, -0.2) is 0 Å². The van der Waals surface area contributed by atoms with Crippen molar-refractivity contribution in [3.8, 4) is 0 Å². The quantitative estimate of drug-likeness (QED) is 0.696. The molecule has 4 nitrogen and oxygen atoms in total. The van der Waals surface area contributed by atoms with E-state index in [9.17, 15) is 4.79 Å². The van der Waals surface area contributed by atoms with Gasteiger partial charge in [0.1, 0.15) is 0 Å². The summed E-state index contributed by atoms with van der Waals surface area (Å²) in [5.74, 6) is -0.404. The van der Waals surface area contributed by atoms with Gasteiger partial charge in [-0.05, 0) is 25.2 Å². The minimum Gasteiger partial charge on any atom is -0.481 e. The van der Waals surface area contributed by atoms with Crippen LogP contribution in [0.5, 0.6) is 0 Å². The molecule has 3 N–H and O–H groups in total. The fraction of sp³-hybridized carbons (Fsp3) is 0.900. The Morgan fingerprint density at radius 2 is 2.29 bits per heavy atom. The molecule has 0 aromatic rings. The van der Waals surface area contributed by atoms with Crippen molar-refractivity contribution in [3.05, 3.63) is 0 Å². The first-order valence-electron chi connectivity index (χ1n) is 5.26. The van der Waals surface area contributed by atoms with E-state index in [0.717, 1.165) is 25.7 Å². The third kappa shape index (κ3) is 4.07. The molecule has 0 aliphatic heterocycles. The molecule has 82 valence electrons. The topological polar surface area (TPSA) is 72.5 Å². The number of ether oxygens (including phenoxy) is 1. The summed E-state index contributed by atoms with van der Waals surface area (Å²) >= 11 is 0. The minimum atomic E-state index is -0.700. The lowest BCUT2D eigenvalue weighted by molar-refractivity contribution is -0.138. The van der Waals surface area contributed by atoms with Crippen molar-refractivity contribution < 1.29 is 14.6 Å². The summed E-state index contributed by atoms with van der Waals surface area (Å²) in [4.78, 5) is 10.5. The smallest absolute Gasteiger partial charge is 0.303 e. The first-order chi connectivity index (χ1) is 6.72. The minimum absolute atomic E-state index is 0.233. The van der Waals surface area contributed by atoms with Crippen LogP contribution in [0.4, 0.5) is 0 Å². The maximum atomic E-state index is 10.5. The number of nitrogens with two attached hydrogens (primary N) is 1. The molecule has 0 aromatic carbocycles. The zero-order chi connectivity index (χ0) is 10.4. The van der Waals surface area contributed by atoms with E-state index in [1.807, 2.05) is 0 Å². The fourth-order valence-corrected chi connectivity index (χ4v) is 2.06. The molecular weight excluding hydrogens is 182 g/mol. The summed E-state index contributed by atoms with van der Waals surface area (Å²) in [6, 6.07) is 0. The van der Waals surface area contributed by atoms with E-state index in [1.54, 1.807) is 0 Å². The van der Waals surface area contributed by atoms with Crippen molar-refractivity contribution in [3.63, 3.8) is 0 Å². The second kappa shape index (κ2) is 5.98. The SMILES string of the molecule is NCCOC1CCCC(CC(=O)O)C1. The molecule has 1 saturated carbocycles. The number of carboxylic acid groups (broad SMARTS) is 1. The molecule has 14 heavy (non-hydrogen) atoms. The van der Waals surface area contributed by atoms with Crippen molar-refractivity contribution in [2.45, 2.75) is 38.2 Å². The van der Waals surface area contributed by atoms with Gasteiger partial charge in [-0.2, -0.15) is 0 Å². The molecule has 1 rings (SSSR count). The van der Waals surface area contributed by atoms with Crippen LogP contribution in [0.15, 0.2) is 0 Å². The summed E-state index contributed by atoms with van der Waals surface area (Å²) in [5, 5.41) is 8.67. The van der Waals surface area contributed by atoms with Crippen molar-refractivity contribution in [2.75, 3.05) is 13.2 Å². The van der Waals surface area contributed by atoms with E-state index in [4.69, 9.17) is 15.6 Å². The van der Waals surface area contributed by atoms with E-state index in [2.05, 4.69) is 0 Å². The van der Waals surface area contributed by atoms with Gasteiger partial charge in [0.25, 0.3) is 0 Å². The number of hydrogen-bond acceptors (Lipinski definition) is 3. The predicted octanol–water partition coefficient (Wildman–Crippen LogP) is 0.995. The highest BCUT2D eigenvalue weighted by Gasteiger charge is 2.23. The van der Waals surface area contributed by atoms with Crippen LogP contribution in [-0.2, 0) is 9.53 Å². The Balaban J connectivity index is 2.24. The molecule has 0 amide bonds. The molecule has 0 heterocycles. The van der Waals surface area contributed by atoms with Gasteiger partial charge in [0.05, 0.1) is 12.7 Å². The van der Waals surface area contributed by atoms with Crippen LogP contribution in [0.1, 0.15) is 32.1 Å². The third-order valence-corrected chi connectivity index (χ3v) is 2.67. The fourth-order valence-electron chi connectivity index (χ4n) is 2.06. The van der Waals surface area contributed by atoms with Gasteiger partial charge in [-0.15, -0.1) is 0 Å². The molecule has 4 heteroatoms. The zero-order valence-corrected chi connectivity index (χ0v) is 8.45. The lowest BCUT2D eigenvalue weighted by Gasteiger charge is -2.28. The van der Waals surface area contributed by atoms with Gasteiger partial charge in [0.15, 0.2) is 0 Å². The van der Waals surface area contributed by atoms with Gasteiger partial charge < -0.3 is 15.6 Å². The van der Waals surface area contributed by atoms with E-state index >= 15 is 0 Å². The average Bonchev–Trinajstić information content (AvgIpc) is 2.14. The van der Waals surface area contributed by atoms with E-state index < -0.39 is 5.97 Å². The summed E-state index contributed by atoms with van der Waals surface area (Å²) in [6.45, 7) is 1.13. The Kier molecular flexibility index (Phi) is 4.90. The van der Waals surface area contributed by atoms with Crippen LogP contribution in [0.3, 0.4) is 0 Å². The number of aliphatic carboxylic acids is 1. The largest absolute Gasteiger partial charge is 0.481 e. The molecule has 1 aliphatic carbocycles. The molecule has 0 saturated heterocycles. The molecule has 2 atom stereocenters. The highest BCUT2D eigenvalue weighted by atomic mass is 16.5. The van der Waals surface area contributed by atoms with E-state index in [1.165, 1.54) is 0 Å². The Morgan fingerprint density at radius 3 is 2.93 bits per heavy atom. The zero-order valence-electron chi connectivity index (χ0n) is 8.45. The highest BCUT2D eigenvalue weighted by Crippen LogP contribution is 2.28. The normalized spacial score (nSPS) is 27.5. The second-order valence-corrected chi connectivity index (χ2v) is 3.91. The summed E-state index contributed by atoms with van der Waals surface area (Å²) in [7, 11) is 0.